The van der Waals surface area contributed by atoms with Crippen molar-refractivity contribution >= 4 is 11.7 Å². The molecule has 1 aromatic carbocycles. The number of pyridine rings is 1. The minimum atomic E-state index is -0.383. The van der Waals surface area contributed by atoms with Crippen LogP contribution in [0.5, 0.6) is 5.75 Å². The fraction of sp³-hybridized carbons (Fsp3) is 0.385. The standard InChI is InChI=1S/C26H28N4O2/c31-25(20-10-13-27-24(19-20)28-14-4-1-5-15-28)29-17-11-26(12-18-29)23-9-6-16-30(23)21-7-2-3-8-22(21)32-26/h2-3,6-10,13,16,19H,1,4-5,11-12,14-15,17-18H2. The van der Waals surface area contributed by atoms with Crippen molar-refractivity contribution in [1.82, 2.24) is 14.5 Å². The molecule has 6 nitrogen and oxygen atoms in total. The van der Waals surface area contributed by atoms with E-state index in [1.54, 1.807) is 6.20 Å². The number of anilines is 1. The molecule has 6 heteroatoms. The molecule has 0 radical (unpaired) electrons. The second kappa shape index (κ2) is 7.69. The predicted molar refractivity (Wildman–Crippen MR) is 124 cm³/mol. The number of ether oxygens (including phenoxy) is 1. The number of hydrogen-bond donors (Lipinski definition) is 0. The lowest BCUT2D eigenvalue weighted by Gasteiger charge is -2.45. The second-order valence-corrected chi connectivity index (χ2v) is 9.07. The summed E-state index contributed by atoms with van der Waals surface area (Å²) >= 11 is 0. The summed E-state index contributed by atoms with van der Waals surface area (Å²) in [5.74, 6) is 1.93. The zero-order valence-corrected chi connectivity index (χ0v) is 18.2. The van der Waals surface area contributed by atoms with Crippen LogP contribution < -0.4 is 9.64 Å². The molecular weight excluding hydrogens is 400 g/mol. The topological polar surface area (TPSA) is 50.6 Å². The van der Waals surface area contributed by atoms with Gasteiger partial charge in [0.05, 0.1) is 11.4 Å². The smallest absolute Gasteiger partial charge is 0.254 e. The number of amides is 1. The highest BCUT2D eigenvalue weighted by Crippen LogP contribution is 2.45. The van der Waals surface area contributed by atoms with E-state index in [0.29, 0.717) is 13.1 Å². The molecule has 2 saturated heterocycles. The highest BCUT2D eigenvalue weighted by molar-refractivity contribution is 5.95. The Hall–Kier alpha value is -3.28. The Kier molecular flexibility index (Phi) is 4.67. The summed E-state index contributed by atoms with van der Waals surface area (Å²) in [6, 6.07) is 16.2. The van der Waals surface area contributed by atoms with Crippen LogP contribution in [0.2, 0.25) is 0 Å². The van der Waals surface area contributed by atoms with Gasteiger partial charge < -0.3 is 19.1 Å². The van der Waals surface area contributed by atoms with E-state index < -0.39 is 0 Å². The normalized spacial score (nSPS) is 19.2. The monoisotopic (exact) mass is 428 g/mol. The average molecular weight is 429 g/mol. The van der Waals surface area contributed by atoms with Crippen molar-refractivity contribution in [3.63, 3.8) is 0 Å². The van der Waals surface area contributed by atoms with Gasteiger partial charge in [-0.1, -0.05) is 12.1 Å². The molecule has 0 atom stereocenters. The van der Waals surface area contributed by atoms with Crippen LogP contribution in [-0.4, -0.2) is 46.5 Å². The van der Waals surface area contributed by atoms with Crippen LogP contribution in [0.3, 0.4) is 0 Å². The van der Waals surface area contributed by atoms with Crippen molar-refractivity contribution in [2.45, 2.75) is 37.7 Å². The third kappa shape index (κ3) is 3.17. The molecule has 3 aliphatic heterocycles. The molecule has 2 aromatic heterocycles. The Morgan fingerprint density at radius 2 is 1.75 bits per heavy atom. The Morgan fingerprint density at radius 3 is 2.59 bits per heavy atom. The number of carbonyl (C=O) groups excluding carboxylic acids is 1. The van der Waals surface area contributed by atoms with E-state index in [4.69, 9.17) is 4.74 Å². The molecule has 0 aliphatic carbocycles. The van der Waals surface area contributed by atoms with Crippen molar-refractivity contribution in [1.29, 1.82) is 0 Å². The van der Waals surface area contributed by atoms with Crippen LogP contribution in [-0.2, 0) is 5.60 Å². The van der Waals surface area contributed by atoms with Crippen molar-refractivity contribution in [3.05, 3.63) is 72.2 Å². The number of aromatic nitrogens is 2. The number of piperidine rings is 2. The molecule has 0 saturated carbocycles. The molecule has 0 bridgehead atoms. The molecule has 3 aromatic rings. The summed E-state index contributed by atoms with van der Waals surface area (Å²) in [5.41, 5.74) is 2.61. The zero-order valence-electron chi connectivity index (χ0n) is 18.2. The van der Waals surface area contributed by atoms with Crippen LogP contribution in [0.15, 0.2) is 60.9 Å². The van der Waals surface area contributed by atoms with Crippen LogP contribution in [0.1, 0.15) is 48.2 Å². The van der Waals surface area contributed by atoms with Crippen LogP contribution in [0.25, 0.3) is 5.69 Å². The molecule has 3 aliphatic rings. The first-order valence-electron chi connectivity index (χ1n) is 11.7. The van der Waals surface area contributed by atoms with Gasteiger partial charge in [0.25, 0.3) is 5.91 Å². The highest BCUT2D eigenvalue weighted by Gasteiger charge is 2.44. The number of para-hydroxylation sites is 2. The summed E-state index contributed by atoms with van der Waals surface area (Å²) in [6.07, 6.45) is 9.10. The van der Waals surface area contributed by atoms with Gasteiger partial charge in [-0.3, -0.25) is 4.79 Å². The molecule has 0 unspecified atom stereocenters. The molecule has 1 spiro atoms. The Bertz CT molecular complexity index is 1140. The quantitative estimate of drug-likeness (QED) is 0.608. The number of rotatable bonds is 2. The molecule has 164 valence electrons. The van der Waals surface area contributed by atoms with Crippen molar-refractivity contribution < 1.29 is 9.53 Å². The van der Waals surface area contributed by atoms with Crippen molar-refractivity contribution in [2.24, 2.45) is 0 Å². The largest absolute Gasteiger partial charge is 0.479 e. The van der Waals surface area contributed by atoms with Crippen LogP contribution in [0, 0.1) is 0 Å². The maximum Gasteiger partial charge on any atom is 0.254 e. The van der Waals surface area contributed by atoms with E-state index in [1.165, 1.54) is 25.0 Å². The third-order valence-electron chi connectivity index (χ3n) is 7.18. The average Bonchev–Trinajstić information content (AvgIpc) is 3.37. The van der Waals surface area contributed by atoms with Crippen molar-refractivity contribution in [2.75, 3.05) is 31.1 Å². The van der Waals surface area contributed by atoms with Gasteiger partial charge in [0.2, 0.25) is 0 Å². The molecule has 5 heterocycles. The summed E-state index contributed by atoms with van der Waals surface area (Å²) in [5, 5.41) is 0. The molecule has 2 fully saturated rings. The fourth-order valence-corrected chi connectivity index (χ4v) is 5.43. The second-order valence-electron chi connectivity index (χ2n) is 9.07. The maximum atomic E-state index is 13.3. The van der Waals surface area contributed by atoms with E-state index in [2.05, 4.69) is 38.8 Å². The van der Waals surface area contributed by atoms with Gasteiger partial charge in [0.15, 0.2) is 5.60 Å². The molecule has 32 heavy (non-hydrogen) atoms. The maximum absolute atomic E-state index is 13.3. The molecule has 6 rings (SSSR count). The Morgan fingerprint density at radius 1 is 0.938 bits per heavy atom. The Labute approximate surface area is 188 Å². The van der Waals surface area contributed by atoms with Gasteiger partial charge in [0.1, 0.15) is 11.6 Å². The lowest BCUT2D eigenvalue weighted by Crippen LogP contribution is -2.50. The van der Waals surface area contributed by atoms with Gasteiger partial charge in [-0.25, -0.2) is 4.98 Å². The number of hydrogen-bond acceptors (Lipinski definition) is 4. The van der Waals surface area contributed by atoms with Gasteiger partial charge in [-0.2, -0.15) is 0 Å². The summed E-state index contributed by atoms with van der Waals surface area (Å²) in [7, 11) is 0. The van der Waals surface area contributed by atoms with Gasteiger partial charge in [-0.15, -0.1) is 0 Å². The first-order valence-corrected chi connectivity index (χ1v) is 11.7. The lowest BCUT2D eigenvalue weighted by atomic mass is 9.86. The van der Waals surface area contributed by atoms with E-state index in [1.807, 2.05) is 35.2 Å². The number of carbonyl (C=O) groups is 1. The number of fused-ring (bicyclic) bond motifs is 4. The van der Waals surface area contributed by atoms with E-state index >= 15 is 0 Å². The van der Waals surface area contributed by atoms with Gasteiger partial charge >= 0.3 is 0 Å². The van der Waals surface area contributed by atoms with E-state index in [-0.39, 0.29) is 11.5 Å². The first-order chi connectivity index (χ1) is 15.7. The first kappa shape index (κ1) is 19.4. The number of likely N-dealkylation sites (tertiary alicyclic amines) is 1. The number of nitrogens with zero attached hydrogens (tertiary/aromatic N) is 4. The predicted octanol–water partition coefficient (Wildman–Crippen LogP) is 4.39. The lowest BCUT2D eigenvalue weighted by molar-refractivity contribution is -0.00931. The zero-order chi connectivity index (χ0) is 21.5. The van der Waals surface area contributed by atoms with Gasteiger partial charge in [-0.05, 0) is 55.7 Å². The third-order valence-corrected chi connectivity index (χ3v) is 7.18. The summed E-state index contributed by atoms with van der Waals surface area (Å²) in [6.45, 7) is 3.39. The van der Waals surface area contributed by atoms with Crippen molar-refractivity contribution in [3.8, 4) is 11.4 Å². The van der Waals surface area contributed by atoms with E-state index in [9.17, 15) is 4.79 Å². The van der Waals surface area contributed by atoms with Crippen LogP contribution in [0.4, 0.5) is 5.82 Å². The van der Waals surface area contributed by atoms with E-state index in [0.717, 1.165) is 48.7 Å². The summed E-state index contributed by atoms with van der Waals surface area (Å²) < 4.78 is 8.84. The Balaban J connectivity index is 1.21. The molecule has 0 N–H and O–H groups in total. The minimum absolute atomic E-state index is 0.0899. The summed E-state index contributed by atoms with van der Waals surface area (Å²) in [4.78, 5) is 22.1. The van der Waals surface area contributed by atoms with Gasteiger partial charge in [0, 0.05) is 57.0 Å². The fourth-order valence-electron chi connectivity index (χ4n) is 5.43. The SMILES string of the molecule is O=C(c1ccnc(N2CCCCC2)c1)N1CCC2(CC1)Oc1ccccc1-n1cccc12. The minimum Gasteiger partial charge on any atom is -0.479 e. The van der Waals surface area contributed by atoms with Crippen LogP contribution >= 0.6 is 0 Å². The highest BCUT2D eigenvalue weighted by atomic mass is 16.5. The molecular formula is C26H28N4O2. The number of benzene rings is 1. The molecule has 1 amide bonds.